The van der Waals surface area contributed by atoms with E-state index in [1.807, 2.05) is 56.6 Å². The van der Waals surface area contributed by atoms with Crippen molar-refractivity contribution in [1.82, 2.24) is 19.6 Å². The van der Waals surface area contributed by atoms with Gasteiger partial charge < -0.3 is 14.6 Å². The molecule has 25 heavy (non-hydrogen) atoms. The number of fused-ring (bicyclic) bond motifs is 1. The van der Waals surface area contributed by atoms with Gasteiger partial charge in [-0.25, -0.2) is 4.98 Å². The number of likely N-dealkylation sites (N-methyl/N-ethyl adjacent to an activating group) is 1. The first kappa shape index (κ1) is 19.3. The van der Waals surface area contributed by atoms with Gasteiger partial charge in [-0.05, 0) is 39.3 Å². The molecule has 2 aromatic heterocycles. The van der Waals surface area contributed by atoms with Crippen LogP contribution in [0, 0.1) is 6.92 Å². The third-order valence-corrected chi connectivity index (χ3v) is 4.40. The summed E-state index contributed by atoms with van der Waals surface area (Å²) in [5, 5.41) is 2.85. The average molecular weight is 362 g/mol. The number of carbonyl (C=O) groups is 2. The predicted molar refractivity (Wildman–Crippen MR) is 102 cm³/mol. The zero-order valence-corrected chi connectivity index (χ0v) is 16.3. The van der Waals surface area contributed by atoms with Crippen LogP contribution in [0.5, 0.6) is 0 Å². The zero-order chi connectivity index (χ0) is 18.6. The highest BCUT2D eigenvalue weighted by Gasteiger charge is 2.17. The molecule has 6 nitrogen and oxygen atoms in total. The minimum atomic E-state index is -0.294. The molecule has 0 atom stereocenters. The second-order valence-electron chi connectivity index (χ2n) is 7.24. The van der Waals surface area contributed by atoms with Gasteiger partial charge in [-0.3, -0.25) is 9.59 Å². The molecular formula is C18H26N4O2S. The molecule has 0 saturated carbocycles. The van der Waals surface area contributed by atoms with E-state index in [0.29, 0.717) is 11.5 Å². The Morgan fingerprint density at radius 2 is 2.00 bits per heavy atom. The largest absolute Gasteiger partial charge is 0.350 e. The molecule has 0 aliphatic carbocycles. The third-order valence-electron chi connectivity index (χ3n) is 3.45. The summed E-state index contributed by atoms with van der Waals surface area (Å²) in [5.74, 6) is 0.776. The van der Waals surface area contributed by atoms with Crippen molar-refractivity contribution in [2.24, 2.45) is 0 Å². The molecule has 1 N–H and O–H groups in total. The number of carbonyl (C=O) groups excluding carboxylic acids is 2. The van der Waals surface area contributed by atoms with Gasteiger partial charge in [0.2, 0.25) is 11.8 Å². The average Bonchev–Trinajstić information content (AvgIpc) is 2.86. The van der Waals surface area contributed by atoms with E-state index in [0.717, 1.165) is 11.3 Å². The molecule has 2 aromatic rings. The van der Waals surface area contributed by atoms with Crippen LogP contribution < -0.4 is 5.32 Å². The Morgan fingerprint density at radius 3 is 2.68 bits per heavy atom. The number of nitrogens with zero attached hydrogens (tertiary/aromatic N) is 3. The summed E-state index contributed by atoms with van der Waals surface area (Å²) in [6, 6.07) is 4.01. The second-order valence-corrected chi connectivity index (χ2v) is 8.23. The number of imidazole rings is 1. The van der Waals surface area contributed by atoms with Gasteiger partial charge in [0.25, 0.3) is 0 Å². The smallest absolute Gasteiger partial charge is 0.240 e. The van der Waals surface area contributed by atoms with Crippen molar-refractivity contribution in [1.29, 1.82) is 0 Å². The normalized spacial score (nSPS) is 11.6. The molecule has 136 valence electrons. The lowest BCUT2D eigenvalue weighted by Gasteiger charge is -2.23. The van der Waals surface area contributed by atoms with E-state index < -0.39 is 0 Å². The predicted octanol–water partition coefficient (Wildman–Crippen LogP) is 2.25. The minimum Gasteiger partial charge on any atom is -0.350 e. The van der Waals surface area contributed by atoms with Crippen LogP contribution in [0.15, 0.2) is 24.5 Å². The highest BCUT2D eigenvalue weighted by atomic mass is 32.2. The summed E-state index contributed by atoms with van der Waals surface area (Å²) in [6.45, 7) is 7.86. The standard InChI is InChI=1S/C18H26N4O2S/c1-13-6-7-15-19-14(9-22(15)8-13)11-25-12-17(24)21(5)10-16(23)20-18(2,3)4/h6-9H,10-12H2,1-5H3,(H,20,23). The van der Waals surface area contributed by atoms with Crippen LogP contribution in [0.3, 0.4) is 0 Å². The molecule has 0 saturated heterocycles. The fourth-order valence-corrected chi connectivity index (χ4v) is 3.18. The topological polar surface area (TPSA) is 66.7 Å². The maximum absolute atomic E-state index is 12.2. The number of thioether (sulfide) groups is 1. The number of rotatable bonds is 6. The first-order valence-corrected chi connectivity index (χ1v) is 9.36. The van der Waals surface area contributed by atoms with Crippen LogP contribution in [0.25, 0.3) is 5.65 Å². The fourth-order valence-electron chi connectivity index (χ4n) is 2.34. The van der Waals surface area contributed by atoms with Gasteiger partial charge in [0.1, 0.15) is 5.65 Å². The summed E-state index contributed by atoms with van der Waals surface area (Å²) in [4.78, 5) is 30.0. The molecule has 0 spiro atoms. The lowest BCUT2D eigenvalue weighted by Crippen LogP contribution is -2.46. The van der Waals surface area contributed by atoms with Crippen LogP contribution in [0.4, 0.5) is 0 Å². The van der Waals surface area contributed by atoms with Crippen LogP contribution in [0.2, 0.25) is 0 Å². The number of hydrogen-bond acceptors (Lipinski definition) is 4. The molecule has 2 rings (SSSR count). The van der Waals surface area contributed by atoms with Crippen LogP contribution in [-0.4, -0.2) is 51.0 Å². The van der Waals surface area contributed by atoms with Crippen LogP contribution in [0.1, 0.15) is 32.0 Å². The van der Waals surface area contributed by atoms with Crippen molar-refractivity contribution < 1.29 is 9.59 Å². The minimum absolute atomic E-state index is 0.0614. The molecule has 2 amide bonds. The summed E-state index contributed by atoms with van der Waals surface area (Å²) < 4.78 is 2.00. The summed E-state index contributed by atoms with van der Waals surface area (Å²) >= 11 is 1.50. The third kappa shape index (κ3) is 6.08. The zero-order valence-electron chi connectivity index (χ0n) is 15.5. The fraction of sp³-hybridized carbons (Fsp3) is 0.500. The molecule has 0 bridgehead atoms. The van der Waals surface area contributed by atoms with E-state index in [1.54, 1.807) is 7.05 Å². The van der Waals surface area contributed by atoms with Crippen molar-refractivity contribution in [2.45, 2.75) is 39.0 Å². The van der Waals surface area contributed by atoms with Crippen molar-refractivity contribution in [3.05, 3.63) is 35.8 Å². The van der Waals surface area contributed by atoms with Gasteiger partial charge in [-0.2, -0.15) is 0 Å². The van der Waals surface area contributed by atoms with Crippen LogP contribution >= 0.6 is 11.8 Å². The Bertz CT molecular complexity index is 764. The summed E-state index contributed by atoms with van der Waals surface area (Å²) in [5.41, 5.74) is 2.73. The van der Waals surface area contributed by atoms with Crippen molar-refractivity contribution in [2.75, 3.05) is 19.3 Å². The molecular weight excluding hydrogens is 336 g/mol. The summed E-state index contributed by atoms with van der Waals surface area (Å²) in [6.07, 6.45) is 4.02. The quantitative estimate of drug-likeness (QED) is 0.856. The van der Waals surface area contributed by atoms with Gasteiger partial charge in [0, 0.05) is 30.7 Å². The van der Waals surface area contributed by atoms with E-state index in [4.69, 9.17) is 0 Å². The van der Waals surface area contributed by atoms with E-state index in [-0.39, 0.29) is 23.9 Å². The molecule has 0 aliphatic heterocycles. The number of amides is 2. The van der Waals surface area contributed by atoms with Crippen molar-refractivity contribution >= 4 is 29.2 Å². The van der Waals surface area contributed by atoms with E-state index >= 15 is 0 Å². The molecule has 0 radical (unpaired) electrons. The van der Waals surface area contributed by atoms with E-state index in [1.165, 1.54) is 22.2 Å². The molecule has 0 fully saturated rings. The Kier molecular flexibility index (Phi) is 6.11. The molecule has 0 aliphatic rings. The van der Waals surface area contributed by atoms with Crippen molar-refractivity contribution in [3.8, 4) is 0 Å². The van der Waals surface area contributed by atoms with Gasteiger partial charge in [0.15, 0.2) is 0 Å². The first-order chi connectivity index (χ1) is 11.6. The molecule has 0 aromatic carbocycles. The van der Waals surface area contributed by atoms with Gasteiger partial charge >= 0.3 is 0 Å². The number of aryl methyl sites for hydroxylation is 1. The highest BCUT2D eigenvalue weighted by molar-refractivity contribution is 7.99. The van der Waals surface area contributed by atoms with E-state index in [9.17, 15) is 9.59 Å². The molecule has 0 unspecified atom stereocenters. The monoisotopic (exact) mass is 362 g/mol. The Morgan fingerprint density at radius 1 is 1.28 bits per heavy atom. The highest BCUT2D eigenvalue weighted by Crippen LogP contribution is 2.14. The van der Waals surface area contributed by atoms with Crippen LogP contribution in [-0.2, 0) is 15.3 Å². The van der Waals surface area contributed by atoms with Gasteiger partial charge in [-0.15, -0.1) is 11.8 Å². The Balaban J connectivity index is 1.79. The van der Waals surface area contributed by atoms with Gasteiger partial charge in [-0.1, -0.05) is 6.07 Å². The number of pyridine rings is 1. The maximum atomic E-state index is 12.2. The van der Waals surface area contributed by atoms with Gasteiger partial charge in [0.05, 0.1) is 18.0 Å². The van der Waals surface area contributed by atoms with Crippen molar-refractivity contribution in [3.63, 3.8) is 0 Å². The van der Waals surface area contributed by atoms with E-state index in [2.05, 4.69) is 10.3 Å². The lowest BCUT2D eigenvalue weighted by atomic mass is 10.1. The second kappa shape index (κ2) is 7.91. The Labute approximate surface area is 153 Å². The number of hydrogen-bond donors (Lipinski definition) is 1. The number of aromatic nitrogens is 2. The maximum Gasteiger partial charge on any atom is 0.240 e. The lowest BCUT2D eigenvalue weighted by molar-refractivity contribution is -0.133. The summed E-state index contributed by atoms with van der Waals surface area (Å²) in [7, 11) is 1.65. The SMILES string of the molecule is Cc1ccc2nc(CSCC(=O)N(C)CC(=O)NC(C)(C)C)cn2c1. The molecule has 2 heterocycles. The Hall–Kier alpha value is -2.02. The number of nitrogens with one attached hydrogen (secondary N) is 1. The molecule has 7 heteroatoms. The first-order valence-electron chi connectivity index (χ1n) is 8.21.